The number of benzene rings is 3. The molecule has 0 saturated carbocycles. The molecule has 0 unspecified atom stereocenters. The number of esters is 1. The standard InChI is InChI=1S/C22H22O2P/c1-18-10-9-15-21(16-18)25(17-22(23)24-2,19-11-5-3-6-12-19)20-13-7-4-8-14-20/h3-16H,17H2,1-2H3/q+1. The predicted molar refractivity (Wildman–Crippen MR) is 107 cm³/mol. The number of carbonyl (C=O) groups is 1. The molecular weight excluding hydrogens is 327 g/mol. The van der Waals surface area contributed by atoms with Crippen molar-refractivity contribution in [2.45, 2.75) is 6.92 Å². The molecule has 0 fully saturated rings. The quantitative estimate of drug-likeness (QED) is 0.521. The van der Waals surface area contributed by atoms with Crippen molar-refractivity contribution in [3.05, 3.63) is 90.5 Å². The van der Waals surface area contributed by atoms with Crippen LogP contribution in [0.1, 0.15) is 5.56 Å². The van der Waals surface area contributed by atoms with Crippen LogP contribution in [-0.2, 0) is 9.53 Å². The van der Waals surface area contributed by atoms with E-state index >= 15 is 0 Å². The Morgan fingerprint density at radius 3 is 1.80 bits per heavy atom. The molecule has 0 N–H and O–H groups in total. The number of aryl methyl sites for hydroxylation is 1. The van der Waals surface area contributed by atoms with Crippen LogP contribution in [0.25, 0.3) is 0 Å². The summed E-state index contributed by atoms with van der Waals surface area (Å²) in [7, 11) is -0.666. The van der Waals surface area contributed by atoms with Crippen LogP contribution in [0, 0.1) is 6.92 Å². The summed E-state index contributed by atoms with van der Waals surface area (Å²) in [6.45, 7) is 2.09. The maximum Gasteiger partial charge on any atom is 0.344 e. The average Bonchev–Trinajstić information content (AvgIpc) is 2.67. The van der Waals surface area contributed by atoms with Crippen LogP contribution in [0.4, 0.5) is 0 Å². The molecule has 126 valence electrons. The molecule has 3 heteroatoms. The van der Waals surface area contributed by atoms with Gasteiger partial charge in [-0.1, -0.05) is 48.5 Å². The second-order valence-electron chi connectivity index (χ2n) is 6.05. The summed E-state index contributed by atoms with van der Waals surface area (Å²) in [5.41, 5.74) is 1.19. The first-order chi connectivity index (χ1) is 12.2. The van der Waals surface area contributed by atoms with E-state index in [0.29, 0.717) is 6.16 Å². The highest BCUT2D eigenvalue weighted by Gasteiger charge is 2.47. The summed E-state index contributed by atoms with van der Waals surface area (Å²) < 4.78 is 5.09. The van der Waals surface area contributed by atoms with Crippen LogP contribution in [0.5, 0.6) is 0 Å². The van der Waals surface area contributed by atoms with Gasteiger partial charge in [0.2, 0.25) is 0 Å². The highest BCUT2D eigenvalue weighted by atomic mass is 31.2. The van der Waals surface area contributed by atoms with Crippen LogP contribution in [0.2, 0.25) is 0 Å². The van der Waals surface area contributed by atoms with Crippen LogP contribution in [0.3, 0.4) is 0 Å². The minimum atomic E-state index is -2.13. The normalized spacial score (nSPS) is 11.1. The molecular formula is C22H22O2P+. The number of ether oxygens (including phenoxy) is 1. The molecule has 0 bridgehead atoms. The minimum Gasteiger partial charge on any atom is -0.466 e. The molecule has 3 rings (SSSR count). The smallest absolute Gasteiger partial charge is 0.344 e. The van der Waals surface area contributed by atoms with Gasteiger partial charge in [-0.3, -0.25) is 0 Å². The summed E-state index contributed by atoms with van der Waals surface area (Å²) in [6, 6.07) is 29.2. The fraction of sp³-hybridized carbons (Fsp3) is 0.136. The van der Waals surface area contributed by atoms with Crippen molar-refractivity contribution in [1.29, 1.82) is 0 Å². The maximum atomic E-state index is 12.4. The van der Waals surface area contributed by atoms with E-state index in [2.05, 4.69) is 55.5 Å². The Kier molecular flexibility index (Phi) is 5.31. The average molecular weight is 349 g/mol. The van der Waals surface area contributed by atoms with Gasteiger partial charge in [-0.2, -0.15) is 0 Å². The van der Waals surface area contributed by atoms with E-state index in [0.717, 1.165) is 0 Å². The molecule has 0 saturated heterocycles. The summed E-state index contributed by atoms with van der Waals surface area (Å²) >= 11 is 0. The Bertz CT molecular complexity index is 805. The van der Waals surface area contributed by atoms with Gasteiger partial charge in [0.05, 0.1) is 7.11 Å². The molecule has 0 heterocycles. The number of methoxy groups -OCH3 is 1. The van der Waals surface area contributed by atoms with Crippen molar-refractivity contribution in [3.63, 3.8) is 0 Å². The van der Waals surface area contributed by atoms with E-state index in [1.807, 2.05) is 36.4 Å². The van der Waals surface area contributed by atoms with Crippen molar-refractivity contribution in [3.8, 4) is 0 Å². The molecule has 0 amide bonds. The fourth-order valence-electron chi connectivity index (χ4n) is 3.21. The lowest BCUT2D eigenvalue weighted by molar-refractivity contribution is -0.137. The van der Waals surface area contributed by atoms with E-state index in [1.54, 1.807) is 0 Å². The zero-order valence-electron chi connectivity index (χ0n) is 14.6. The van der Waals surface area contributed by atoms with Crippen molar-refractivity contribution in [2.24, 2.45) is 0 Å². The number of hydrogen-bond donors (Lipinski definition) is 0. The maximum absolute atomic E-state index is 12.4. The van der Waals surface area contributed by atoms with Gasteiger partial charge in [0.15, 0.2) is 6.16 Å². The van der Waals surface area contributed by atoms with Gasteiger partial charge in [-0.15, -0.1) is 0 Å². The molecule has 0 spiro atoms. The molecule has 0 aliphatic carbocycles. The third-order valence-electron chi connectivity index (χ3n) is 4.43. The van der Waals surface area contributed by atoms with E-state index in [9.17, 15) is 4.79 Å². The zero-order chi connectivity index (χ0) is 17.7. The Morgan fingerprint density at radius 1 is 0.800 bits per heavy atom. The second kappa shape index (κ2) is 7.63. The minimum absolute atomic E-state index is 0.178. The summed E-state index contributed by atoms with van der Waals surface area (Å²) in [5, 5.41) is 3.59. The van der Waals surface area contributed by atoms with Crippen molar-refractivity contribution in [2.75, 3.05) is 13.3 Å². The summed E-state index contributed by atoms with van der Waals surface area (Å²) in [5.74, 6) is -0.178. The molecule has 3 aromatic carbocycles. The van der Waals surface area contributed by atoms with Gasteiger partial charge < -0.3 is 4.74 Å². The Hall–Kier alpha value is -2.44. The molecule has 0 aliphatic heterocycles. The van der Waals surface area contributed by atoms with Crippen molar-refractivity contribution >= 4 is 29.1 Å². The monoisotopic (exact) mass is 349 g/mol. The second-order valence-corrected chi connectivity index (χ2v) is 9.54. The van der Waals surface area contributed by atoms with Gasteiger partial charge in [0.25, 0.3) is 0 Å². The topological polar surface area (TPSA) is 26.3 Å². The van der Waals surface area contributed by atoms with Gasteiger partial charge in [-0.25, -0.2) is 4.79 Å². The number of hydrogen-bond acceptors (Lipinski definition) is 2. The number of carbonyl (C=O) groups excluding carboxylic acids is 1. The highest BCUT2D eigenvalue weighted by molar-refractivity contribution is 7.96. The summed E-state index contributed by atoms with van der Waals surface area (Å²) in [4.78, 5) is 12.4. The van der Waals surface area contributed by atoms with E-state index in [4.69, 9.17) is 4.74 Å². The van der Waals surface area contributed by atoms with Gasteiger partial charge in [0.1, 0.15) is 23.2 Å². The molecule has 25 heavy (non-hydrogen) atoms. The SMILES string of the molecule is COC(=O)C[P+](c1ccccc1)(c1ccccc1)c1cccc(C)c1. The van der Waals surface area contributed by atoms with E-state index < -0.39 is 7.26 Å². The third kappa shape index (κ3) is 3.50. The largest absolute Gasteiger partial charge is 0.466 e. The Morgan fingerprint density at radius 2 is 1.32 bits per heavy atom. The molecule has 2 nitrogen and oxygen atoms in total. The predicted octanol–water partition coefficient (Wildman–Crippen LogP) is 3.46. The first-order valence-corrected chi connectivity index (χ1v) is 10.3. The van der Waals surface area contributed by atoms with Crippen LogP contribution >= 0.6 is 7.26 Å². The van der Waals surface area contributed by atoms with Gasteiger partial charge >= 0.3 is 5.97 Å². The van der Waals surface area contributed by atoms with Crippen LogP contribution in [0.15, 0.2) is 84.9 Å². The Balaban J connectivity index is 2.33. The first-order valence-electron chi connectivity index (χ1n) is 8.30. The van der Waals surface area contributed by atoms with Crippen LogP contribution in [-0.4, -0.2) is 19.2 Å². The lowest BCUT2D eigenvalue weighted by Crippen LogP contribution is -2.36. The molecule has 0 atom stereocenters. The zero-order valence-corrected chi connectivity index (χ0v) is 15.4. The van der Waals surface area contributed by atoms with Crippen molar-refractivity contribution in [1.82, 2.24) is 0 Å². The van der Waals surface area contributed by atoms with Gasteiger partial charge in [0, 0.05) is 0 Å². The Labute approximate surface area is 149 Å². The van der Waals surface area contributed by atoms with E-state index in [1.165, 1.54) is 28.6 Å². The fourth-order valence-corrected chi connectivity index (χ4v) is 7.29. The summed E-state index contributed by atoms with van der Waals surface area (Å²) in [6.07, 6.45) is 0.362. The number of rotatable bonds is 5. The van der Waals surface area contributed by atoms with E-state index in [-0.39, 0.29) is 5.97 Å². The van der Waals surface area contributed by atoms with Gasteiger partial charge in [-0.05, 0) is 48.9 Å². The van der Waals surface area contributed by atoms with Crippen molar-refractivity contribution < 1.29 is 9.53 Å². The molecule has 0 aliphatic rings. The van der Waals surface area contributed by atoms with Crippen LogP contribution < -0.4 is 15.9 Å². The third-order valence-corrected chi connectivity index (χ3v) is 8.68. The lowest BCUT2D eigenvalue weighted by atomic mass is 10.2. The molecule has 0 radical (unpaired) electrons. The molecule has 0 aromatic heterocycles. The molecule has 3 aromatic rings. The lowest BCUT2D eigenvalue weighted by Gasteiger charge is -2.26. The first kappa shape index (κ1) is 17.4. The highest BCUT2D eigenvalue weighted by Crippen LogP contribution is 2.55.